The second kappa shape index (κ2) is 9.73. The minimum atomic E-state index is -3.62. The molecule has 1 amide bonds. The molecule has 0 aliphatic rings. The van der Waals surface area contributed by atoms with Crippen LogP contribution in [-0.4, -0.2) is 34.2 Å². The molecule has 0 fully saturated rings. The molecule has 0 unspecified atom stereocenters. The highest BCUT2D eigenvalue weighted by atomic mass is 32.2. The van der Waals surface area contributed by atoms with E-state index in [2.05, 4.69) is 25.2 Å². The number of ether oxygens (including phenoxy) is 1. The monoisotopic (exact) mass is 446 g/mol. The van der Waals surface area contributed by atoms with Gasteiger partial charge in [-0.05, 0) is 85.7 Å². The van der Waals surface area contributed by atoms with Crippen molar-refractivity contribution in [2.75, 3.05) is 24.2 Å². The fourth-order valence-electron chi connectivity index (χ4n) is 3.59. The third-order valence-electron chi connectivity index (χ3n) is 5.55. The minimum absolute atomic E-state index is 0.266. The Morgan fingerprint density at radius 1 is 1.00 bits per heavy atom. The Kier molecular flexibility index (Phi) is 7.76. The summed E-state index contributed by atoms with van der Waals surface area (Å²) in [6.07, 6.45) is 1.11. The van der Waals surface area contributed by atoms with Gasteiger partial charge in [0.1, 0.15) is 12.3 Å². The molecule has 170 valence electrons. The number of hydrogen-bond donors (Lipinski definition) is 1. The molecule has 0 spiro atoms. The molecule has 0 radical (unpaired) electrons. The first-order valence-corrected chi connectivity index (χ1v) is 12.2. The summed E-state index contributed by atoms with van der Waals surface area (Å²) < 4.78 is 31.4. The van der Waals surface area contributed by atoms with Crippen molar-refractivity contribution in [1.82, 2.24) is 5.32 Å². The summed E-state index contributed by atoms with van der Waals surface area (Å²) in [5, 5.41) is 2.95. The SMILES string of the molecule is COc1cc(C)c([C@@H](C)NC(=O)CN(c2ccc(C)c(C)c2)S(C)(=O)=O)cc1C(C)C. The van der Waals surface area contributed by atoms with Crippen LogP contribution in [-0.2, 0) is 14.8 Å². The van der Waals surface area contributed by atoms with Crippen LogP contribution < -0.4 is 14.4 Å². The van der Waals surface area contributed by atoms with Crippen LogP contribution in [0.5, 0.6) is 5.75 Å². The Morgan fingerprint density at radius 2 is 1.65 bits per heavy atom. The quantitative estimate of drug-likeness (QED) is 0.653. The van der Waals surface area contributed by atoms with E-state index in [1.807, 2.05) is 39.8 Å². The highest BCUT2D eigenvalue weighted by Crippen LogP contribution is 2.32. The van der Waals surface area contributed by atoms with Crippen LogP contribution in [0.2, 0.25) is 0 Å². The van der Waals surface area contributed by atoms with E-state index in [9.17, 15) is 13.2 Å². The summed E-state index contributed by atoms with van der Waals surface area (Å²) in [6.45, 7) is 11.7. The van der Waals surface area contributed by atoms with E-state index >= 15 is 0 Å². The highest BCUT2D eigenvalue weighted by Gasteiger charge is 2.23. The van der Waals surface area contributed by atoms with Gasteiger partial charge >= 0.3 is 0 Å². The number of nitrogens with one attached hydrogen (secondary N) is 1. The highest BCUT2D eigenvalue weighted by molar-refractivity contribution is 7.92. The van der Waals surface area contributed by atoms with Gasteiger partial charge in [0.25, 0.3) is 0 Å². The summed E-state index contributed by atoms with van der Waals surface area (Å²) in [6, 6.07) is 9.12. The van der Waals surface area contributed by atoms with Crippen LogP contribution in [0.1, 0.15) is 60.5 Å². The lowest BCUT2D eigenvalue weighted by Crippen LogP contribution is -2.41. The van der Waals surface area contributed by atoms with Crippen molar-refractivity contribution in [2.24, 2.45) is 0 Å². The summed E-state index contributed by atoms with van der Waals surface area (Å²) in [7, 11) is -1.97. The number of anilines is 1. The van der Waals surface area contributed by atoms with Crippen molar-refractivity contribution in [1.29, 1.82) is 0 Å². The summed E-state index contributed by atoms with van der Waals surface area (Å²) in [5.74, 6) is 0.730. The predicted octanol–water partition coefficient (Wildman–Crippen LogP) is 4.39. The molecule has 0 aliphatic heterocycles. The summed E-state index contributed by atoms with van der Waals surface area (Å²) in [4.78, 5) is 12.8. The second-order valence-corrected chi connectivity index (χ2v) is 10.3. The van der Waals surface area contributed by atoms with E-state index in [0.29, 0.717) is 5.69 Å². The Labute approximate surface area is 186 Å². The molecule has 0 aromatic heterocycles. The van der Waals surface area contributed by atoms with Gasteiger partial charge in [-0.25, -0.2) is 8.42 Å². The zero-order valence-electron chi connectivity index (χ0n) is 19.7. The zero-order chi connectivity index (χ0) is 23.5. The van der Waals surface area contributed by atoms with Gasteiger partial charge in [0.2, 0.25) is 15.9 Å². The first-order chi connectivity index (χ1) is 14.3. The van der Waals surface area contributed by atoms with Crippen LogP contribution in [0, 0.1) is 20.8 Å². The van der Waals surface area contributed by atoms with E-state index < -0.39 is 10.0 Å². The molecule has 2 aromatic carbocycles. The Hall–Kier alpha value is -2.54. The van der Waals surface area contributed by atoms with Gasteiger partial charge in [-0.2, -0.15) is 0 Å². The lowest BCUT2D eigenvalue weighted by Gasteiger charge is -2.25. The molecule has 0 bridgehead atoms. The number of amides is 1. The Morgan fingerprint density at radius 3 is 2.16 bits per heavy atom. The maximum atomic E-state index is 12.8. The van der Waals surface area contributed by atoms with Crippen molar-refractivity contribution in [3.8, 4) is 5.75 Å². The van der Waals surface area contributed by atoms with Crippen molar-refractivity contribution < 1.29 is 17.9 Å². The molecule has 1 atom stereocenters. The van der Waals surface area contributed by atoms with Crippen LogP contribution in [0.3, 0.4) is 0 Å². The number of carbonyl (C=O) groups excluding carboxylic acids is 1. The van der Waals surface area contributed by atoms with Crippen molar-refractivity contribution in [3.63, 3.8) is 0 Å². The molecule has 31 heavy (non-hydrogen) atoms. The van der Waals surface area contributed by atoms with E-state index in [4.69, 9.17) is 4.74 Å². The average molecular weight is 447 g/mol. The number of carbonyl (C=O) groups is 1. The van der Waals surface area contributed by atoms with Gasteiger partial charge in [0.05, 0.1) is 25.1 Å². The minimum Gasteiger partial charge on any atom is -0.496 e. The molecule has 6 nitrogen and oxygen atoms in total. The van der Waals surface area contributed by atoms with Crippen molar-refractivity contribution >= 4 is 21.6 Å². The molecular formula is C24H34N2O4S. The van der Waals surface area contributed by atoms with Gasteiger partial charge in [-0.1, -0.05) is 19.9 Å². The van der Waals surface area contributed by atoms with Gasteiger partial charge < -0.3 is 10.1 Å². The first-order valence-electron chi connectivity index (χ1n) is 10.4. The van der Waals surface area contributed by atoms with Gasteiger partial charge in [0, 0.05) is 0 Å². The maximum Gasteiger partial charge on any atom is 0.241 e. The fourth-order valence-corrected chi connectivity index (χ4v) is 4.43. The van der Waals surface area contributed by atoms with Crippen LogP contribution in [0.25, 0.3) is 0 Å². The number of aryl methyl sites for hydroxylation is 3. The summed E-state index contributed by atoms with van der Waals surface area (Å²) >= 11 is 0. The predicted molar refractivity (Wildman–Crippen MR) is 126 cm³/mol. The lowest BCUT2D eigenvalue weighted by molar-refractivity contribution is -0.120. The third kappa shape index (κ3) is 6.00. The van der Waals surface area contributed by atoms with Crippen molar-refractivity contribution in [3.05, 3.63) is 58.1 Å². The molecule has 0 saturated heterocycles. The van der Waals surface area contributed by atoms with Crippen LogP contribution >= 0.6 is 0 Å². The van der Waals surface area contributed by atoms with Crippen LogP contribution in [0.15, 0.2) is 30.3 Å². The molecule has 2 aromatic rings. The number of nitrogens with zero attached hydrogens (tertiary/aromatic N) is 1. The second-order valence-electron chi connectivity index (χ2n) is 8.43. The number of rotatable bonds is 8. The third-order valence-corrected chi connectivity index (χ3v) is 6.69. The number of sulfonamides is 1. The van der Waals surface area contributed by atoms with Gasteiger partial charge in [-0.3, -0.25) is 9.10 Å². The average Bonchev–Trinajstić information content (AvgIpc) is 2.66. The largest absolute Gasteiger partial charge is 0.496 e. The number of benzene rings is 2. The van der Waals surface area contributed by atoms with E-state index in [1.54, 1.807) is 19.2 Å². The lowest BCUT2D eigenvalue weighted by atomic mass is 9.93. The van der Waals surface area contributed by atoms with Crippen molar-refractivity contribution in [2.45, 2.75) is 53.5 Å². The summed E-state index contributed by atoms with van der Waals surface area (Å²) in [5.41, 5.74) is 5.56. The standard InChI is InChI=1S/C24H34N2O4S/c1-15(2)21-13-22(18(5)12-23(21)30-7)19(6)25-24(27)14-26(31(8,28)29)20-10-9-16(3)17(4)11-20/h9-13,15,19H,14H2,1-8H3,(H,25,27)/t19-/m1/s1. The topological polar surface area (TPSA) is 75.7 Å². The smallest absolute Gasteiger partial charge is 0.241 e. The molecule has 0 saturated carbocycles. The number of methoxy groups -OCH3 is 1. The van der Waals surface area contributed by atoms with Gasteiger partial charge in [0.15, 0.2) is 0 Å². The molecule has 2 rings (SSSR count). The maximum absolute atomic E-state index is 12.8. The molecule has 7 heteroatoms. The molecular weight excluding hydrogens is 412 g/mol. The molecule has 1 N–H and O–H groups in total. The first kappa shape index (κ1) is 24.7. The van der Waals surface area contributed by atoms with Crippen LogP contribution in [0.4, 0.5) is 5.69 Å². The zero-order valence-corrected chi connectivity index (χ0v) is 20.6. The van der Waals surface area contributed by atoms with E-state index in [0.717, 1.165) is 44.1 Å². The molecule has 0 heterocycles. The van der Waals surface area contributed by atoms with Gasteiger partial charge in [-0.15, -0.1) is 0 Å². The normalized spacial score (nSPS) is 12.5. The Bertz CT molecular complexity index is 1060. The fraction of sp³-hybridized carbons (Fsp3) is 0.458. The van der Waals surface area contributed by atoms with E-state index in [-0.39, 0.29) is 24.4 Å². The molecule has 0 aliphatic carbocycles. The number of hydrogen-bond acceptors (Lipinski definition) is 4. The van der Waals surface area contributed by atoms with E-state index in [1.165, 1.54) is 0 Å². The Balaban J connectivity index is 2.27.